The number of aliphatic imine (C=N–C) groups is 1. The van der Waals surface area contributed by atoms with Crippen molar-refractivity contribution in [2.24, 2.45) is 16.6 Å². The summed E-state index contributed by atoms with van der Waals surface area (Å²) in [5, 5.41) is 31.7. The molecule has 1 amide bonds. The third-order valence-electron chi connectivity index (χ3n) is 5.88. The van der Waals surface area contributed by atoms with Crippen molar-refractivity contribution in [3.63, 3.8) is 0 Å². The van der Waals surface area contributed by atoms with Crippen LogP contribution in [0.4, 0.5) is 11.6 Å². The number of nitrogens with two attached hydrogens (primary N) is 3. The fourth-order valence-electron chi connectivity index (χ4n) is 3.67. The zero-order valence-corrected chi connectivity index (χ0v) is 21.2. The van der Waals surface area contributed by atoms with Crippen LogP contribution in [0.1, 0.15) is 35.8 Å². The number of aryl methyl sites for hydroxylation is 1. The number of hydrogen-bond donors (Lipinski definition) is 7. The Morgan fingerprint density at radius 1 is 1.13 bits per heavy atom. The smallest absolute Gasteiger partial charge is 0.335 e. The van der Waals surface area contributed by atoms with E-state index in [9.17, 15) is 24.9 Å². The molecule has 1 saturated heterocycles. The Labute approximate surface area is 222 Å². The summed E-state index contributed by atoms with van der Waals surface area (Å²) in [6, 6.07) is 7.03. The SMILES string of the molecule is C[C@H]1[C@H](O)C(C(=O)O)OC(Oc2ccc(CCCCN=C(N)NC(=O)c3nc(Cl)c(N)nc3N)cc2)[C@@H]1O. The maximum absolute atomic E-state index is 12.2. The molecule has 0 radical (unpaired) electrons. The Kier molecular flexibility index (Phi) is 9.63. The van der Waals surface area contributed by atoms with Gasteiger partial charge in [0, 0.05) is 12.5 Å². The maximum atomic E-state index is 12.2. The van der Waals surface area contributed by atoms with Crippen LogP contribution in [0.3, 0.4) is 0 Å². The van der Waals surface area contributed by atoms with Gasteiger partial charge in [-0.3, -0.25) is 15.1 Å². The molecule has 1 aromatic heterocycles. The van der Waals surface area contributed by atoms with Crippen molar-refractivity contribution in [2.45, 2.75) is 50.8 Å². The second kappa shape index (κ2) is 12.7. The van der Waals surface area contributed by atoms with Crippen molar-refractivity contribution in [1.82, 2.24) is 15.3 Å². The Morgan fingerprint density at radius 3 is 2.47 bits per heavy atom. The molecule has 0 bridgehead atoms. The van der Waals surface area contributed by atoms with E-state index in [2.05, 4.69) is 20.3 Å². The number of carboxylic acids is 1. The van der Waals surface area contributed by atoms with Gasteiger partial charge >= 0.3 is 5.97 Å². The zero-order valence-electron chi connectivity index (χ0n) is 20.5. The molecule has 1 aliphatic heterocycles. The van der Waals surface area contributed by atoms with Crippen LogP contribution in [-0.4, -0.2) is 74.3 Å². The number of guanidine groups is 1. The van der Waals surface area contributed by atoms with Gasteiger partial charge in [-0.1, -0.05) is 30.7 Å². The molecule has 2 unspecified atom stereocenters. The second-order valence-electron chi connectivity index (χ2n) is 8.68. The number of aliphatic carboxylic acids is 1. The van der Waals surface area contributed by atoms with Crippen LogP contribution in [0.5, 0.6) is 5.75 Å². The summed E-state index contributed by atoms with van der Waals surface area (Å²) in [6.07, 6.45) is -3.09. The first kappa shape index (κ1) is 28.8. The number of unbranched alkanes of at least 4 members (excludes halogenated alkanes) is 1. The lowest BCUT2D eigenvalue weighted by atomic mass is 9.90. The predicted molar refractivity (Wildman–Crippen MR) is 137 cm³/mol. The molecule has 15 heteroatoms. The molecule has 0 spiro atoms. The van der Waals surface area contributed by atoms with Crippen molar-refractivity contribution in [3.05, 3.63) is 40.7 Å². The Hall–Kier alpha value is -3.72. The van der Waals surface area contributed by atoms with Crippen LogP contribution in [0.15, 0.2) is 29.3 Å². The molecule has 0 saturated carbocycles. The van der Waals surface area contributed by atoms with Gasteiger partial charge < -0.3 is 42.0 Å². The summed E-state index contributed by atoms with van der Waals surface area (Å²) in [6.45, 7) is 1.89. The minimum atomic E-state index is -1.49. The minimum absolute atomic E-state index is 0.0918. The molecule has 14 nitrogen and oxygen atoms in total. The lowest BCUT2D eigenvalue weighted by Gasteiger charge is -2.39. The number of halogens is 1. The zero-order chi connectivity index (χ0) is 28.0. The fraction of sp³-hybridized carbons (Fsp3) is 0.435. The molecular weight excluding hydrogens is 522 g/mol. The summed E-state index contributed by atoms with van der Waals surface area (Å²) < 4.78 is 10.9. The van der Waals surface area contributed by atoms with E-state index in [0.717, 1.165) is 18.4 Å². The van der Waals surface area contributed by atoms with Gasteiger partial charge in [0.2, 0.25) is 6.29 Å². The van der Waals surface area contributed by atoms with Gasteiger partial charge in [-0.2, -0.15) is 0 Å². The Morgan fingerprint density at radius 2 is 1.82 bits per heavy atom. The van der Waals surface area contributed by atoms with Gasteiger partial charge in [0.05, 0.1) is 6.10 Å². The Bertz CT molecular complexity index is 1180. The number of aromatic nitrogens is 2. The third kappa shape index (κ3) is 7.19. The van der Waals surface area contributed by atoms with Gasteiger partial charge in [-0.15, -0.1) is 0 Å². The van der Waals surface area contributed by atoms with E-state index < -0.39 is 42.4 Å². The maximum Gasteiger partial charge on any atom is 0.335 e. The predicted octanol–water partition coefficient (Wildman–Crippen LogP) is -0.0920. The van der Waals surface area contributed by atoms with Gasteiger partial charge in [0.15, 0.2) is 34.5 Å². The number of rotatable bonds is 9. The third-order valence-corrected chi connectivity index (χ3v) is 6.16. The van der Waals surface area contributed by atoms with E-state index >= 15 is 0 Å². The number of nitrogens with zero attached hydrogens (tertiary/aromatic N) is 3. The standard InChI is InChI=1S/C23H30ClN7O7/c1-10-14(32)16(21(35)36)38-22(15(10)33)37-12-7-5-11(6-8-12)4-2-3-9-28-23(27)31-20(34)13-18(25)30-19(26)17(24)29-13/h5-8,10,14-16,22,32-33H,2-4,9H2,1H3,(H,35,36)(H4,25,26,30)(H3,27,28,31,34)/t10-,14-,15+,16?,22?/m0/s1. The average molecular weight is 552 g/mol. The van der Waals surface area contributed by atoms with E-state index in [1.807, 2.05) is 12.1 Å². The lowest BCUT2D eigenvalue weighted by Crippen LogP contribution is -2.57. The second-order valence-corrected chi connectivity index (χ2v) is 9.04. The molecule has 1 aromatic carbocycles. The summed E-state index contributed by atoms with van der Waals surface area (Å²) in [5.74, 6) is -2.80. The monoisotopic (exact) mass is 551 g/mol. The number of carbonyl (C=O) groups is 2. The van der Waals surface area contributed by atoms with Crippen molar-refractivity contribution in [3.8, 4) is 5.75 Å². The summed E-state index contributed by atoms with van der Waals surface area (Å²) >= 11 is 5.77. The molecule has 2 heterocycles. The van der Waals surface area contributed by atoms with Gasteiger partial charge in [0.25, 0.3) is 5.91 Å². The number of anilines is 2. The first-order valence-electron chi connectivity index (χ1n) is 11.7. The minimum Gasteiger partial charge on any atom is -0.479 e. The van der Waals surface area contributed by atoms with E-state index in [-0.39, 0.29) is 28.4 Å². The number of amides is 1. The summed E-state index contributed by atoms with van der Waals surface area (Å²) in [4.78, 5) is 35.2. The van der Waals surface area contributed by atoms with Crippen LogP contribution < -0.4 is 27.3 Å². The fourth-order valence-corrected chi connectivity index (χ4v) is 3.79. The van der Waals surface area contributed by atoms with Crippen molar-refractivity contribution in [1.29, 1.82) is 0 Å². The molecule has 5 atom stereocenters. The quantitative estimate of drug-likeness (QED) is 0.123. The van der Waals surface area contributed by atoms with E-state index in [1.165, 1.54) is 6.92 Å². The molecule has 38 heavy (non-hydrogen) atoms. The normalized spacial score (nSPS) is 23.6. The van der Waals surface area contributed by atoms with Crippen molar-refractivity contribution < 1.29 is 34.4 Å². The molecule has 1 aliphatic rings. The number of carbonyl (C=O) groups excluding carboxylic acids is 1. The number of benzene rings is 1. The number of aliphatic hydroxyl groups is 2. The first-order chi connectivity index (χ1) is 18.0. The number of carboxylic acid groups (broad SMARTS) is 1. The average Bonchev–Trinajstić information content (AvgIpc) is 2.86. The number of hydrogen-bond acceptors (Lipinski definition) is 11. The molecule has 0 aliphatic carbocycles. The van der Waals surface area contributed by atoms with E-state index in [4.69, 9.17) is 38.3 Å². The van der Waals surface area contributed by atoms with Crippen LogP contribution in [0, 0.1) is 5.92 Å². The van der Waals surface area contributed by atoms with Crippen molar-refractivity contribution >= 4 is 41.1 Å². The van der Waals surface area contributed by atoms with Crippen LogP contribution >= 0.6 is 11.6 Å². The topological polar surface area (TPSA) is 242 Å². The number of aliphatic hydroxyl groups excluding tert-OH is 2. The van der Waals surface area contributed by atoms with E-state index in [1.54, 1.807) is 12.1 Å². The molecule has 206 valence electrons. The number of nitrogen functional groups attached to an aromatic ring is 2. The van der Waals surface area contributed by atoms with Crippen LogP contribution in [-0.2, 0) is 16.0 Å². The molecule has 10 N–H and O–H groups in total. The molecule has 1 fully saturated rings. The highest BCUT2D eigenvalue weighted by Gasteiger charge is 2.46. The summed E-state index contributed by atoms with van der Waals surface area (Å²) in [5.41, 5.74) is 17.7. The largest absolute Gasteiger partial charge is 0.479 e. The lowest BCUT2D eigenvalue weighted by molar-refractivity contribution is -0.255. The van der Waals surface area contributed by atoms with Gasteiger partial charge in [-0.25, -0.2) is 14.8 Å². The number of ether oxygens (including phenoxy) is 2. The van der Waals surface area contributed by atoms with Crippen LogP contribution in [0.2, 0.25) is 5.15 Å². The van der Waals surface area contributed by atoms with E-state index in [0.29, 0.717) is 18.7 Å². The van der Waals surface area contributed by atoms with Crippen molar-refractivity contribution in [2.75, 3.05) is 18.0 Å². The Balaban J connectivity index is 1.43. The van der Waals surface area contributed by atoms with Gasteiger partial charge in [0.1, 0.15) is 11.9 Å². The molecule has 2 aromatic rings. The van der Waals surface area contributed by atoms with Gasteiger partial charge in [-0.05, 0) is 37.0 Å². The summed E-state index contributed by atoms with van der Waals surface area (Å²) in [7, 11) is 0. The highest BCUT2D eigenvalue weighted by molar-refractivity contribution is 6.31. The number of nitrogens with one attached hydrogen (secondary N) is 1. The highest BCUT2D eigenvalue weighted by atomic mass is 35.5. The molecule has 3 rings (SSSR count). The van der Waals surface area contributed by atoms with Crippen LogP contribution in [0.25, 0.3) is 0 Å². The first-order valence-corrected chi connectivity index (χ1v) is 12.1. The molecular formula is C23H30ClN7O7. The highest BCUT2D eigenvalue weighted by Crippen LogP contribution is 2.28.